The Balaban J connectivity index is 2.09. The molecule has 1 amide bonds. The molecule has 0 bridgehead atoms. The summed E-state index contributed by atoms with van der Waals surface area (Å²) in [5.41, 5.74) is 6.91. The summed E-state index contributed by atoms with van der Waals surface area (Å²) < 4.78 is 0. The summed E-state index contributed by atoms with van der Waals surface area (Å²) in [6.45, 7) is -0.0292. The van der Waals surface area contributed by atoms with Crippen molar-refractivity contribution in [1.82, 2.24) is 9.82 Å². The number of carbonyl (C=O) groups excluding carboxylic acids is 1. The van der Waals surface area contributed by atoms with Crippen molar-refractivity contribution in [3.63, 3.8) is 0 Å². The second-order valence-corrected chi connectivity index (χ2v) is 4.26. The van der Waals surface area contributed by atoms with Crippen LogP contribution in [0.3, 0.4) is 0 Å². The molecule has 2 aromatic rings. The number of azo groups is 1. The minimum absolute atomic E-state index is 0.0292. The van der Waals surface area contributed by atoms with Gasteiger partial charge in [0.25, 0.3) is 0 Å². The third-order valence-electron chi connectivity index (χ3n) is 2.43. The normalized spacial score (nSPS) is 10.7. The molecule has 21 heavy (non-hydrogen) atoms. The van der Waals surface area contributed by atoms with Crippen molar-refractivity contribution in [1.29, 1.82) is 0 Å². The summed E-state index contributed by atoms with van der Waals surface area (Å²) >= 11 is 5.24. The summed E-state index contributed by atoms with van der Waals surface area (Å²) in [5, 5.41) is 10.6. The van der Waals surface area contributed by atoms with E-state index in [2.05, 4.69) is 25.4 Å². The minimum atomic E-state index is -0.324. The monoisotopic (exact) mass is 304 g/mol. The molecular formula is C13H13ClN6O. The van der Waals surface area contributed by atoms with Crippen molar-refractivity contribution < 1.29 is 4.79 Å². The summed E-state index contributed by atoms with van der Waals surface area (Å²) in [5.74, 6) is 0.171. The first-order valence-corrected chi connectivity index (χ1v) is 6.43. The number of anilines is 2. The van der Waals surface area contributed by atoms with Gasteiger partial charge in [-0.15, -0.1) is 5.11 Å². The van der Waals surface area contributed by atoms with E-state index in [0.29, 0.717) is 17.2 Å². The molecule has 0 aliphatic carbocycles. The molecule has 4 N–H and O–H groups in total. The topological polar surface area (TPSA) is 105 Å². The van der Waals surface area contributed by atoms with Crippen LogP contribution in [-0.2, 0) is 4.79 Å². The quantitative estimate of drug-likeness (QED) is 0.583. The summed E-state index contributed by atoms with van der Waals surface area (Å²) in [6.07, 6.45) is 0. The van der Waals surface area contributed by atoms with Crippen LogP contribution in [0.5, 0.6) is 0 Å². The minimum Gasteiger partial charge on any atom is -0.382 e. The van der Waals surface area contributed by atoms with Gasteiger partial charge in [-0.05, 0) is 36.0 Å². The van der Waals surface area contributed by atoms with E-state index >= 15 is 0 Å². The Hall–Kier alpha value is -2.51. The van der Waals surface area contributed by atoms with Crippen LogP contribution in [0.4, 0.5) is 23.0 Å². The molecule has 8 heteroatoms. The molecule has 0 spiro atoms. The second-order valence-electron chi connectivity index (χ2n) is 3.99. The Kier molecular flexibility index (Phi) is 5.19. The molecule has 1 aromatic carbocycles. The largest absolute Gasteiger partial charge is 0.382 e. The van der Waals surface area contributed by atoms with Gasteiger partial charge in [-0.3, -0.25) is 4.79 Å². The average molecular weight is 305 g/mol. The van der Waals surface area contributed by atoms with Crippen LogP contribution >= 0.6 is 11.8 Å². The number of halogens is 1. The highest BCUT2D eigenvalue weighted by molar-refractivity contribution is 6.15. The maximum Gasteiger partial charge on any atom is 0.240 e. The van der Waals surface area contributed by atoms with E-state index in [-0.39, 0.29) is 18.3 Å². The SMILES string of the molecule is Nc1nc(NC(=O)CNCl)ccc1/N=N/c1ccccc1. The fraction of sp³-hybridized carbons (Fsp3) is 0.0769. The van der Waals surface area contributed by atoms with Gasteiger partial charge in [0.2, 0.25) is 5.91 Å². The number of nitrogens with one attached hydrogen (secondary N) is 2. The molecular weight excluding hydrogens is 292 g/mol. The molecule has 0 fully saturated rings. The van der Waals surface area contributed by atoms with Gasteiger partial charge in [0.05, 0.1) is 12.2 Å². The van der Waals surface area contributed by atoms with Gasteiger partial charge in [0.15, 0.2) is 5.82 Å². The number of carbonyl (C=O) groups is 1. The number of hydrogen-bond acceptors (Lipinski definition) is 6. The van der Waals surface area contributed by atoms with E-state index in [1.54, 1.807) is 12.1 Å². The van der Waals surface area contributed by atoms with Gasteiger partial charge in [-0.25, -0.2) is 9.82 Å². The Morgan fingerprint density at radius 2 is 1.95 bits per heavy atom. The van der Waals surface area contributed by atoms with Gasteiger partial charge in [0, 0.05) is 0 Å². The molecule has 0 aliphatic rings. The van der Waals surface area contributed by atoms with Crippen LogP contribution in [0.2, 0.25) is 0 Å². The maximum atomic E-state index is 11.3. The average Bonchev–Trinajstić information content (AvgIpc) is 2.48. The number of nitrogens with zero attached hydrogens (tertiary/aromatic N) is 3. The van der Waals surface area contributed by atoms with Crippen LogP contribution in [0.15, 0.2) is 52.7 Å². The Morgan fingerprint density at radius 1 is 1.19 bits per heavy atom. The number of rotatable bonds is 5. The van der Waals surface area contributed by atoms with Crippen molar-refractivity contribution in [2.45, 2.75) is 0 Å². The van der Waals surface area contributed by atoms with E-state index < -0.39 is 0 Å². The van der Waals surface area contributed by atoms with Gasteiger partial charge in [-0.1, -0.05) is 18.2 Å². The second kappa shape index (κ2) is 7.32. The van der Waals surface area contributed by atoms with Crippen LogP contribution in [0, 0.1) is 0 Å². The first-order valence-electron chi connectivity index (χ1n) is 6.05. The van der Waals surface area contributed by atoms with Crippen LogP contribution in [0.1, 0.15) is 0 Å². The lowest BCUT2D eigenvalue weighted by atomic mass is 10.3. The summed E-state index contributed by atoms with van der Waals surface area (Å²) in [7, 11) is 0. The molecule has 1 aromatic heterocycles. The van der Waals surface area contributed by atoms with Crippen molar-refractivity contribution >= 4 is 40.7 Å². The lowest BCUT2D eigenvalue weighted by Gasteiger charge is -2.05. The predicted molar refractivity (Wildman–Crippen MR) is 81.8 cm³/mol. The predicted octanol–water partition coefficient (Wildman–Crippen LogP) is 2.76. The Bertz CT molecular complexity index is 646. The number of aromatic nitrogens is 1. The summed E-state index contributed by atoms with van der Waals surface area (Å²) in [4.78, 5) is 17.6. The molecule has 1 heterocycles. The zero-order valence-corrected chi connectivity index (χ0v) is 11.7. The Labute approximate surface area is 126 Å². The molecule has 108 valence electrons. The zero-order valence-electron chi connectivity index (χ0n) is 11.0. The fourth-order valence-corrected chi connectivity index (χ4v) is 1.60. The highest BCUT2D eigenvalue weighted by atomic mass is 35.5. The molecule has 0 saturated heterocycles. The Morgan fingerprint density at radius 3 is 2.62 bits per heavy atom. The highest BCUT2D eigenvalue weighted by Crippen LogP contribution is 2.24. The number of pyridine rings is 1. The first-order chi connectivity index (χ1) is 10.2. The van der Waals surface area contributed by atoms with Gasteiger partial charge in [-0.2, -0.15) is 5.11 Å². The molecule has 0 radical (unpaired) electrons. The van der Waals surface area contributed by atoms with E-state index in [1.165, 1.54) is 0 Å². The maximum absolute atomic E-state index is 11.3. The van der Waals surface area contributed by atoms with Gasteiger partial charge < -0.3 is 11.1 Å². The third-order valence-corrected chi connectivity index (χ3v) is 2.56. The number of amides is 1. The van der Waals surface area contributed by atoms with Crippen LogP contribution in [-0.4, -0.2) is 17.4 Å². The molecule has 7 nitrogen and oxygen atoms in total. The molecule has 0 atom stereocenters. The third kappa shape index (κ3) is 4.51. The molecule has 0 unspecified atom stereocenters. The van der Waals surface area contributed by atoms with E-state index in [4.69, 9.17) is 17.5 Å². The summed E-state index contributed by atoms with van der Waals surface area (Å²) in [6, 6.07) is 12.5. The van der Waals surface area contributed by atoms with E-state index in [1.807, 2.05) is 30.3 Å². The number of hydrogen-bond donors (Lipinski definition) is 3. The molecule has 0 aliphatic heterocycles. The highest BCUT2D eigenvalue weighted by Gasteiger charge is 2.05. The smallest absolute Gasteiger partial charge is 0.240 e. The first kappa shape index (κ1) is 14.9. The van der Waals surface area contributed by atoms with Crippen molar-refractivity contribution in [2.75, 3.05) is 17.6 Å². The van der Waals surface area contributed by atoms with Crippen molar-refractivity contribution in [2.24, 2.45) is 10.2 Å². The number of benzene rings is 1. The van der Waals surface area contributed by atoms with Crippen molar-refractivity contribution in [3.05, 3.63) is 42.5 Å². The standard InChI is InChI=1S/C13H13ClN6O/c14-16-8-12(21)17-11-7-6-10(13(15)18-11)20-19-9-4-2-1-3-5-9/h1-7,16H,8H2,(H3,15,17,18,21)/b20-19+. The molecule has 2 rings (SSSR count). The van der Waals surface area contributed by atoms with Gasteiger partial charge >= 0.3 is 0 Å². The lowest BCUT2D eigenvalue weighted by Crippen LogP contribution is -2.22. The van der Waals surface area contributed by atoms with Crippen LogP contribution < -0.4 is 15.9 Å². The van der Waals surface area contributed by atoms with Crippen LogP contribution in [0.25, 0.3) is 0 Å². The van der Waals surface area contributed by atoms with Crippen molar-refractivity contribution in [3.8, 4) is 0 Å². The zero-order chi connectivity index (χ0) is 15.1. The van der Waals surface area contributed by atoms with E-state index in [9.17, 15) is 4.79 Å². The lowest BCUT2D eigenvalue weighted by molar-refractivity contribution is -0.115. The molecule has 0 saturated carbocycles. The number of nitrogen functional groups attached to an aromatic ring is 1. The number of nitrogens with two attached hydrogens (primary N) is 1. The fourth-order valence-electron chi connectivity index (χ4n) is 1.48. The van der Waals surface area contributed by atoms with Gasteiger partial charge in [0.1, 0.15) is 11.5 Å². The van der Waals surface area contributed by atoms with E-state index in [0.717, 1.165) is 0 Å².